The molecular formula is C11H23O4S-. The van der Waals surface area contributed by atoms with Gasteiger partial charge in [0.25, 0.3) is 0 Å². The molecule has 0 amide bonds. The van der Waals surface area contributed by atoms with Crippen LogP contribution in [-0.4, -0.2) is 19.6 Å². The lowest BCUT2D eigenvalue weighted by molar-refractivity contribution is 0.248. The quantitative estimate of drug-likeness (QED) is 0.359. The van der Waals surface area contributed by atoms with Gasteiger partial charge in [0.1, 0.15) is 0 Å². The number of hydrogen-bond acceptors (Lipinski definition) is 4. The van der Waals surface area contributed by atoms with Gasteiger partial charge in [-0.2, -0.15) is 0 Å². The standard InChI is InChI=1S/C11H24O4S/c1-10(2)6-4-7-11(3)8-5-9-15-16(12,13)14/h10-11H,4-9H2,1-3H3,(H,12,13,14)/p-1. The van der Waals surface area contributed by atoms with Crippen molar-refractivity contribution in [2.45, 2.75) is 52.9 Å². The molecule has 0 aromatic heterocycles. The van der Waals surface area contributed by atoms with Crippen LogP contribution in [0.15, 0.2) is 0 Å². The zero-order valence-electron chi connectivity index (χ0n) is 10.4. The Morgan fingerprint density at radius 2 is 1.62 bits per heavy atom. The van der Waals surface area contributed by atoms with Gasteiger partial charge in [-0.15, -0.1) is 0 Å². The SMILES string of the molecule is CC(C)CCCC(C)CCCOS(=O)(=O)[O-]. The van der Waals surface area contributed by atoms with E-state index in [9.17, 15) is 13.0 Å². The van der Waals surface area contributed by atoms with Gasteiger partial charge in [-0.1, -0.05) is 40.0 Å². The molecule has 98 valence electrons. The fourth-order valence-corrected chi connectivity index (χ4v) is 1.93. The van der Waals surface area contributed by atoms with Gasteiger partial charge in [-0.25, -0.2) is 8.42 Å². The lowest BCUT2D eigenvalue weighted by Crippen LogP contribution is -2.06. The van der Waals surface area contributed by atoms with Gasteiger partial charge in [-0.3, -0.25) is 4.18 Å². The summed E-state index contributed by atoms with van der Waals surface area (Å²) in [6.45, 7) is 6.57. The molecule has 0 rings (SSSR count). The average molecular weight is 251 g/mol. The van der Waals surface area contributed by atoms with Gasteiger partial charge in [0.2, 0.25) is 10.4 Å². The molecule has 16 heavy (non-hydrogen) atoms. The molecule has 0 saturated heterocycles. The third-order valence-electron chi connectivity index (χ3n) is 2.55. The van der Waals surface area contributed by atoms with Crippen molar-refractivity contribution in [3.63, 3.8) is 0 Å². The van der Waals surface area contributed by atoms with Crippen molar-refractivity contribution in [1.29, 1.82) is 0 Å². The molecule has 1 atom stereocenters. The topological polar surface area (TPSA) is 66.4 Å². The second-order valence-electron chi connectivity index (χ2n) is 4.80. The van der Waals surface area contributed by atoms with E-state index in [1.807, 2.05) is 0 Å². The third-order valence-corrected chi connectivity index (χ3v) is 3.00. The van der Waals surface area contributed by atoms with Crippen molar-refractivity contribution in [2.24, 2.45) is 11.8 Å². The molecule has 0 spiro atoms. The van der Waals surface area contributed by atoms with Crippen molar-refractivity contribution in [3.05, 3.63) is 0 Å². The molecule has 0 saturated carbocycles. The molecule has 0 aliphatic heterocycles. The van der Waals surface area contributed by atoms with Crippen LogP contribution in [0.3, 0.4) is 0 Å². The summed E-state index contributed by atoms with van der Waals surface area (Å²) in [7, 11) is -4.50. The molecular weight excluding hydrogens is 228 g/mol. The summed E-state index contributed by atoms with van der Waals surface area (Å²) >= 11 is 0. The molecule has 0 N–H and O–H groups in total. The molecule has 0 aliphatic carbocycles. The largest absolute Gasteiger partial charge is 0.726 e. The fraction of sp³-hybridized carbons (Fsp3) is 1.00. The maximum atomic E-state index is 10.1. The van der Waals surface area contributed by atoms with E-state index in [1.165, 1.54) is 12.8 Å². The summed E-state index contributed by atoms with van der Waals surface area (Å²) in [4.78, 5) is 0. The molecule has 0 aromatic carbocycles. The molecule has 1 unspecified atom stereocenters. The lowest BCUT2D eigenvalue weighted by atomic mass is 9.96. The van der Waals surface area contributed by atoms with Crippen molar-refractivity contribution in [3.8, 4) is 0 Å². The Balaban J connectivity index is 3.40. The Morgan fingerprint density at radius 3 is 2.12 bits per heavy atom. The summed E-state index contributed by atoms with van der Waals surface area (Å²) < 4.78 is 34.6. The van der Waals surface area contributed by atoms with Gasteiger partial charge >= 0.3 is 0 Å². The minimum absolute atomic E-state index is 0.0142. The maximum absolute atomic E-state index is 10.1. The van der Waals surface area contributed by atoms with E-state index in [1.54, 1.807) is 0 Å². The Hall–Kier alpha value is -0.130. The first-order valence-electron chi connectivity index (χ1n) is 5.91. The lowest BCUT2D eigenvalue weighted by Gasteiger charge is -2.12. The molecule has 4 nitrogen and oxygen atoms in total. The van der Waals surface area contributed by atoms with Crippen LogP contribution in [0.25, 0.3) is 0 Å². The molecule has 0 radical (unpaired) electrons. The second-order valence-corrected chi connectivity index (χ2v) is 5.85. The van der Waals surface area contributed by atoms with Crippen LogP contribution in [0.1, 0.15) is 52.9 Å². The van der Waals surface area contributed by atoms with Gasteiger partial charge in [0.05, 0.1) is 6.61 Å². The molecule has 0 heterocycles. The van der Waals surface area contributed by atoms with Crippen LogP contribution in [0.5, 0.6) is 0 Å². The predicted molar refractivity (Wildman–Crippen MR) is 62.7 cm³/mol. The minimum Gasteiger partial charge on any atom is -0.726 e. The summed E-state index contributed by atoms with van der Waals surface area (Å²) in [5.41, 5.74) is 0. The smallest absolute Gasteiger partial charge is 0.217 e. The van der Waals surface area contributed by atoms with Gasteiger partial charge in [-0.05, 0) is 24.7 Å². The molecule has 0 aromatic rings. The highest BCUT2D eigenvalue weighted by Gasteiger charge is 2.04. The molecule has 0 aliphatic rings. The summed E-state index contributed by atoms with van der Waals surface area (Å²) in [6.07, 6.45) is 5.13. The van der Waals surface area contributed by atoms with Crippen LogP contribution in [0.2, 0.25) is 0 Å². The van der Waals surface area contributed by atoms with Crippen LogP contribution in [0.4, 0.5) is 0 Å². The molecule has 0 bridgehead atoms. The Labute approximate surface area is 99.3 Å². The second kappa shape index (κ2) is 8.03. The van der Waals surface area contributed by atoms with Crippen LogP contribution < -0.4 is 0 Å². The van der Waals surface area contributed by atoms with Gasteiger partial charge < -0.3 is 4.55 Å². The zero-order valence-corrected chi connectivity index (χ0v) is 11.3. The van der Waals surface area contributed by atoms with Crippen molar-refractivity contribution >= 4 is 10.4 Å². The maximum Gasteiger partial charge on any atom is 0.217 e. The van der Waals surface area contributed by atoms with Crippen molar-refractivity contribution in [2.75, 3.05) is 6.61 Å². The molecule has 5 heteroatoms. The summed E-state index contributed by atoms with van der Waals surface area (Å²) in [6, 6.07) is 0. The van der Waals surface area contributed by atoms with E-state index < -0.39 is 10.4 Å². The third kappa shape index (κ3) is 11.9. The summed E-state index contributed by atoms with van der Waals surface area (Å²) in [5.74, 6) is 1.30. The van der Waals surface area contributed by atoms with E-state index in [-0.39, 0.29) is 6.61 Å². The molecule has 0 fully saturated rings. The Kier molecular flexibility index (Phi) is 7.97. The van der Waals surface area contributed by atoms with Crippen LogP contribution >= 0.6 is 0 Å². The van der Waals surface area contributed by atoms with E-state index in [0.717, 1.165) is 18.8 Å². The van der Waals surface area contributed by atoms with Crippen LogP contribution in [-0.2, 0) is 14.6 Å². The zero-order chi connectivity index (χ0) is 12.6. The van der Waals surface area contributed by atoms with Crippen molar-refractivity contribution < 1.29 is 17.2 Å². The van der Waals surface area contributed by atoms with Crippen molar-refractivity contribution in [1.82, 2.24) is 0 Å². The summed E-state index contributed by atoms with van der Waals surface area (Å²) in [5, 5.41) is 0. The number of hydrogen-bond donors (Lipinski definition) is 0. The van der Waals surface area contributed by atoms with E-state index in [2.05, 4.69) is 25.0 Å². The van der Waals surface area contributed by atoms with Crippen LogP contribution in [0, 0.1) is 11.8 Å². The van der Waals surface area contributed by atoms with E-state index in [4.69, 9.17) is 0 Å². The first kappa shape index (κ1) is 15.9. The highest BCUT2D eigenvalue weighted by Crippen LogP contribution is 2.16. The Morgan fingerprint density at radius 1 is 1.06 bits per heavy atom. The first-order chi connectivity index (χ1) is 7.31. The van der Waals surface area contributed by atoms with Gasteiger partial charge in [0, 0.05) is 0 Å². The monoisotopic (exact) mass is 251 g/mol. The number of rotatable bonds is 9. The van der Waals surface area contributed by atoms with E-state index in [0.29, 0.717) is 12.3 Å². The highest BCUT2D eigenvalue weighted by molar-refractivity contribution is 7.80. The first-order valence-corrected chi connectivity index (χ1v) is 7.25. The normalized spacial score (nSPS) is 14.3. The predicted octanol–water partition coefficient (Wildman–Crippen LogP) is 2.71. The fourth-order valence-electron chi connectivity index (χ4n) is 1.61. The Bertz CT molecular complexity index is 259. The minimum atomic E-state index is -4.50. The highest BCUT2D eigenvalue weighted by atomic mass is 32.3. The average Bonchev–Trinajstić information content (AvgIpc) is 2.10. The van der Waals surface area contributed by atoms with Gasteiger partial charge in [0.15, 0.2) is 0 Å². The van der Waals surface area contributed by atoms with E-state index >= 15 is 0 Å².